The Morgan fingerprint density at radius 3 is 2.85 bits per heavy atom. The Morgan fingerprint density at radius 1 is 1.35 bits per heavy atom. The molecule has 5 heteroatoms. The number of nitrogens with one attached hydrogen (secondary N) is 2. The van der Waals surface area contributed by atoms with E-state index in [9.17, 15) is 4.79 Å². The lowest BCUT2D eigenvalue weighted by molar-refractivity contribution is 0.0318. The molecule has 20 heavy (non-hydrogen) atoms. The quantitative estimate of drug-likeness (QED) is 0.792. The van der Waals surface area contributed by atoms with Gasteiger partial charge in [0.1, 0.15) is 0 Å². The highest BCUT2D eigenvalue weighted by Gasteiger charge is 2.13. The van der Waals surface area contributed by atoms with E-state index in [0.717, 1.165) is 32.4 Å². The first-order valence-corrected chi connectivity index (χ1v) is 7.50. The second-order valence-corrected chi connectivity index (χ2v) is 5.32. The molecule has 0 aliphatic carbocycles. The Bertz CT molecular complexity index is 434. The van der Waals surface area contributed by atoms with Crippen molar-refractivity contribution in [3.63, 3.8) is 0 Å². The molecule has 0 atom stereocenters. The molecular weight excluding hydrogens is 276 g/mol. The summed E-state index contributed by atoms with van der Waals surface area (Å²) in [7, 11) is 0. The highest BCUT2D eigenvalue weighted by molar-refractivity contribution is 6.33. The Balaban J connectivity index is 1.61. The molecule has 1 heterocycles. The van der Waals surface area contributed by atoms with Crippen LogP contribution in [0.25, 0.3) is 0 Å². The van der Waals surface area contributed by atoms with Crippen molar-refractivity contribution in [2.24, 2.45) is 0 Å². The molecule has 1 aromatic rings. The van der Waals surface area contributed by atoms with E-state index in [1.807, 2.05) is 6.07 Å². The molecule has 2 rings (SSSR count). The molecule has 1 aliphatic rings. The van der Waals surface area contributed by atoms with Gasteiger partial charge in [0.2, 0.25) is 0 Å². The minimum atomic E-state index is -0.127. The average Bonchev–Trinajstić information content (AvgIpc) is 2.48. The van der Waals surface area contributed by atoms with Crippen molar-refractivity contribution in [2.45, 2.75) is 25.4 Å². The van der Waals surface area contributed by atoms with Crippen LogP contribution in [0.2, 0.25) is 5.02 Å². The normalized spacial score (nSPS) is 16.1. The van der Waals surface area contributed by atoms with E-state index in [2.05, 4.69) is 10.6 Å². The van der Waals surface area contributed by atoms with E-state index in [0.29, 0.717) is 29.8 Å². The van der Waals surface area contributed by atoms with Crippen molar-refractivity contribution in [1.29, 1.82) is 0 Å². The topological polar surface area (TPSA) is 50.4 Å². The van der Waals surface area contributed by atoms with Crippen LogP contribution >= 0.6 is 11.6 Å². The van der Waals surface area contributed by atoms with E-state index in [1.165, 1.54) is 0 Å². The third-order valence-electron chi connectivity index (χ3n) is 3.36. The van der Waals surface area contributed by atoms with E-state index >= 15 is 0 Å². The predicted molar refractivity (Wildman–Crippen MR) is 80.2 cm³/mol. The number of rotatable bonds is 6. The summed E-state index contributed by atoms with van der Waals surface area (Å²) in [5.74, 6) is -0.127. The summed E-state index contributed by atoms with van der Waals surface area (Å²) < 4.78 is 5.78. The summed E-state index contributed by atoms with van der Waals surface area (Å²) in [5.41, 5.74) is 0.522. The fourth-order valence-corrected chi connectivity index (χ4v) is 2.45. The molecular formula is C15H21ClN2O2. The third kappa shape index (κ3) is 4.78. The summed E-state index contributed by atoms with van der Waals surface area (Å²) in [6, 6.07) is 7.06. The van der Waals surface area contributed by atoms with Crippen molar-refractivity contribution in [3.8, 4) is 0 Å². The van der Waals surface area contributed by atoms with E-state index in [-0.39, 0.29) is 5.91 Å². The van der Waals surface area contributed by atoms with Gasteiger partial charge in [-0.25, -0.2) is 0 Å². The van der Waals surface area contributed by atoms with Crippen molar-refractivity contribution >= 4 is 17.5 Å². The molecule has 4 nitrogen and oxygen atoms in total. The zero-order valence-corrected chi connectivity index (χ0v) is 12.3. The van der Waals surface area contributed by atoms with Gasteiger partial charge in [-0.1, -0.05) is 23.7 Å². The molecule has 1 aromatic carbocycles. The second-order valence-electron chi connectivity index (χ2n) is 4.91. The SMILES string of the molecule is O=C(NCCCOC1CCNCC1)c1ccccc1Cl. The van der Waals surface area contributed by atoms with Gasteiger partial charge in [-0.05, 0) is 44.5 Å². The molecule has 0 saturated carbocycles. The van der Waals surface area contributed by atoms with Gasteiger partial charge < -0.3 is 15.4 Å². The molecule has 2 N–H and O–H groups in total. The van der Waals surface area contributed by atoms with Gasteiger partial charge in [-0.2, -0.15) is 0 Å². The van der Waals surface area contributed by atoms with E-state index in [4.69, 9.17) is 16.3 Å². The number of halogens is 1. The first-order chi connectivity index (χ1) is 9.77. The van der Waals surface area contributed by atoms with E-state index in [1.54, 1.807) is 18.2 Å². The van der Waals surface area contributed by atoms with Crippen LogP contribution in [0.15, 0.2) is 24.3 Å². The molecule has 1 saturated heterocycles. The van der Waals surface area contributed by atoms with Gasteiger partial charge in [0, 0.05) is 13.2 Å². The maximum absolute atomic E-state index is 11.9. The number of carbonyl (C=O) groups is 1. The number of hydrogen-bond donors (Lipinski definition) is 2. The zero-order valence-electron chi connectivity index (χ0n) is 11.5. The van der Waals surface area contributed by atoms with Gasteiger partial charge >= 0.3 is 0 Å². The largest absolute Gasteiger partial charge is 0.378 e. The lowest BCUT2D eigenvalue weighted by atomic mass is 10.1. The number of ether oxygens (including phenoxy) is 1. The van der Waals surface area contributed by atoms with Crippen molar-refractivity contribution < 1.29 is 9.53 Å². The monoisotopic (exact) mass is 296 g/mol. The minimum Gasteiger partial charge on any atom is -0.378 e. The maximum atomic E-state index is 11.9. The van der Waals surface area contributed by atoms with Gasteiger partial charge in [0.25, 0.3) is 5.91 Å². The molecule has 1 fully saturated rings. The molecule has 1 aliphatic heterocycles. The molecule has 110 valence electrons. The van der Waals surface area contributed by atoms with Gasteiger partial charge in [0.05, 0.1) is 16.7 Å². The number of hydrogen-bond acceptors (Lipinski definition) is 3. The van der Waals surface area contributed by atoms with Crippen molar-refractivity contribution in [2.75, 3.05) is 26.2 Å². The smallest absolute Gasteiger partial charge is 0.252 e. The van der Waals surface area contributed by atoms with Gasteiger partial charge in [-0.15, -0.1) is 0 Å². The first kappa shape index (κ1) is 15.3. The Hall–Kier alpha value is -1.10. The van der Waals surface area contributed by atoms with Gasteiger partial charge in [-0.3, -0.25) is 4.79 Å². The van der Waals surface area contributed by atoms with Crippen LogP contribution in [0, 0.1) is 0 Å². The Labute approximate surface area is 124 Å². The molecule has 0 bridgehead atoms. The predicted octanol–water partition coefficient (Wildman–Crippen LogP) is 2.23. The number of benzene rings is 1. The molecule has 0 aromatic heterocycles. The first-order valence-electron chi connectivity index (χ1n) is 7.12. The summed E-state index contributed by atoms with van der Waals surface area (Å²) in [5, 5.41) is 6.65. The lowest BCUT2D eigenvalue weighted by Gasteiger charge is -2.22. The minimum absolute atomic E-state index is 0.127. The van der Waals surface area contributed by atoms with Crippen LogP contribution in [0.5, 0.6) is 0 Å². The maximum Gasteiger partial charge on any atom is 0.252 e. The number of piperidine rings is 1. The Kier molecular flexibility index (Phi) is 6.30. The summed E-state index contributed by atoms with van der Waals surface area (Å²) in [6.07, 6.45) is 3.34. The number of carbonyl (C=O) groups excluding carboxylic acids is 1. The molecule has 0 spiro atoms. The van der Waals surface area contributed by atoms with Crippen LogP contribution in [-0.4, -0.2) is 38.3 Å². The van der Waals surface area contributed by atoms with Crippen molar-refractivity contribution in [1.82, 2.24) is 10.6 Å². The fraction of sp³-hybridized carbons (Fsp3) is 0.533. The van der Waals surface area contributed by atoms with Gasteiger partial charge in [0.15, 0.2) is 0 Å². The lowest BCUT2D eigenvalue weighted by Crippen LogP contribution is -2.33. The second kappa shape index (κ2) is 8.25. The standard InChI is InChI=1S/C15H21ClN2O2/c16-14-5-2-1-4-13(14)15(19)18-8-3-11-20-12-6-9-17-10-7-12/h1-2,4-5,12,17H,3,6-11H2,(H,18,19). The molecule has 1 amide bonds. The summed E-state index contributed by atoms with van der Waals surface area (Å²) in [4.78, 5) is 11.9. The average molecular weight is 297 g/mol. The highest BCUT2D eigenvalue weighted by Crippen LogP contribution is 2.14. The van der Waals surface area contributed by atoms with Crippen LogP contribution in [0.1, 0.15) is 29.6 Å². The van der Waals surface area contributed by atoms with Crippen LogP contribution in [0.4, 0.5) is 0 Å². The summed E-state index contributed by atoms with van der Waals surface area (Å²) in [6.45, 7) is 3.37. The zero-order chi connectivity index (χ0) is 14.2. The Morgan fingerprint density at radius 2 is 2.10 bits per heavy atom. The van der Waals surface area contributed by atoms with Crippen LogP contribution in [-0.2, 0) is 4.74 Å². The summed E-state index contributed by atoms with van der Waals surface area (Å²) >= 11 is 5.97. The van der Waals surface area contributed by atoms with Crippen LogP contribution in [0.3, 0.4) is 0 Å². The number of amides is 1. The third-order valence-corrected chi connectivity index (χ3v) is 3.69. The molecule has 0 radical (unpaired) electrons. The molecule has 0 unspecified atom stereocenters. The van der Waals surface area contributed by atoms with Crippen LogP contribution < -0.4 is 10.6 Å². The van der Waals surface area contributed by atoms with E-state index < -0.39 is 0 Å². The van der Waals surface area contributed by atoms with Crippen molar-refractivity contribution in [3.05, 3.63) is 34.9 Å². The fourth-order valence-electron chi connectivity index (χ4n) is 2.23. The highest BCUT2D eigenvalue weighted by atomic mass is 35.5.